The predicted octanol–water partition coefficient (Wildman–Crippen LogP) is 9.29. The van der Waals surface area contributed by atoms with Crippen molar-refractivity contribution in [3.8, 4) is 28.5 Å². The number of benzene rings is 3. The number of hydrogen-bond acceptors (Lipinski definition) is 6. The van der Waals surface area contributed by atoms with Gasteiger partial charge in [0.05, 0.1) is 11.7 Å². The van der Waals surface area contributed by atoms with Gasteiger partial charge in [0, 0.05) is 56.6 Å². The van der Waals surface area contributed by atoms with Crippen molar-refractivity contribution in [2.45, 2.75) is 60.5 Å². The molecule has 6 rings (SSSR count). The highest BCUT2D eigenvalue weighted by Gasteiger charge is 2.26. The minimum Gasteiger partial charge on any atom is -0.508 e. The first-order chi connectivity index (χ1) is 24.2. The smallest absolute Gasteiger partial charge is 0.224 e. The lowest BCUT2D eigenvalue weighted by Gasteiger charge is -2.40. The number of aryl methyl sites for hydroxylation is 1. The van der Waals surface area contributed by atoms with Crippen LogP contribution in [0.3, 0.4) is 0 Å². The van der Waals surface area contributed by atoms with E-state index in [0.717, 1.165) is 73.8 Å². The van der Waals surface area contributed by atoms with E-state index >= 15 is 0 Å². The summed E-state index contributed by atoms with van der Waals surface area (Å²) in [7, 11) is 0. The number of carbonyl (C=O) groups excluding carboxylic acids is 1. The molecule has 7 nitrogen and oxygen atoms in total. The van der Waals surface area contributed by atoms with Crippen LogP contribution in [-0.4, -0.2) is 67.4 Å². The van der Waals surface area contributed by atoms with E-state index in [1.165, 1.54) is 24.3 Å². The zero-order valence-electron chi connectivity index (χ0n) is 30.0. The van der Waals surface area contributed by atoms with E-state index in [1.54, 1.807) is 26.0 Å². The van der Waals surface area contributed by atoms with Crippen molar-refractivity contribution in [3.05, 3.63) is 114 Å². The van der Waals surface area contributed by atoms with Gasteiger partial charge >= 0.3 is 0 Å². The first kappa shape index (κ1) is 40.3. The Morgan fingerprint density at radius 3 is 1.76 bits per heavy atom. The summed E-state index contributed by atoms with van der Waals surface area (Å²) in [6.45, 7) is 17.0. The molecule has 3 aliphatic rings. The van der Waals surface area contributed by atoms with E-state index in [2.05, 4.69) is 24.3 Å². The third-order valence-corrected chi connectivity index (χ3v) is 8.48. The number of fused-ring (bicyclic) bond motifs is 1. The van der Waals surface area contributed by atoms with Crippen LogP contribution >= 0.6 is 11.6 Å². The van der Waals surface area contributed by atoms with Gasteiger partial charge in [-0.1, -0.05) is 65.8 Å². The maximum Gasteiger partial charge on any atom is 0.224 e. The highest BCUT2D eigenvalue weighted by molar-refractivity contribution is 6.63. The average molecular weight is 706 g/mol. The maximum atomic E-state index is 13.6. The number of aromatic hydroxyl groups is 1. The third kappa shape index (κ3) is 11.7. The second-order valence-electron chi connectivity index (χ2n) is 11.7. The Morgan fingerprint density at radius 2 is 1.26 bits per heavy atom. The number of hydrogen-bond donors (Lipinski definition) is 1. The fourth-order valence-electron chi connectivity index (χ4n) is 5.46. The van der Waals surface area contributed by atoms with Crippen molar-refractivity contribution < 1.29 is 18.7 Å². The molecule has 10 heteroatoms. The maximum absolute atomic E-state index is 13.6. The van der Waals surface area contributed by atoms with E-state index in [-0.39, 0.29) is 34.6 Å². The molecule has 3 aromatic carbocycles. The van der Waals surface area contributed by atoms with E-state index < -0.39 is 0 Å². The predicted molar refractivity (Wildman–Crippen MR) is 199 cm³/mol. The van der Waals surface area contributed by atoms with Crippen LogP contribution in [0.2, 0.25) is 0 Å². The summed E-state index contributed by atoms with van der Waals surface area (Å²) in [5.74, 6) is 0.342. The van der Waals surface area contributed by atoms with Crippen LogP contribution in [0.4, 0.5) is 8.78 Å². The van der Waals surface area contributed by atoms with Crippen molar-refractivity contribution >= 4 is 16.8 Å². The highest BCUT2D eigenvalue weighted by Crippen LogP contribution is 2.30. The van der Waals surface area contributed by atoms with Crippen molar-refractivity contribution in [2.24, 2.45) is 5.92 Å². The Kier molecular flexibility index (Phi) is 16.5. The Balaban J connectivity index is 0.000000605. The molecular weight excluding hydrogens is 656 g/mol. The molecular formula is C40H50ClF2N5O2. The minimum atomic E-state index is -0.269. The van der Waals surface area contributed by atoms with Crippen molar-refractivity contribution in [3.63, 3.8) is 0 Å². The van der Waals surface area contributed by atoms with Crippen LogP contribution in [-0.2, 0) is 11.3 Å². The van der Waals surface area contributed by atoms with Crippen molar-refractivity contribution in [1.29, 1.82) is 0 Å². The Bertz CT molecular complexity index is 1620. The summed E-state index contributed by atoms with van der Waals surface area (Å²) in [5, 5.41) is 9.26. The van der Waals surface area contributed by atoms with Crippen LogP contribution in [0, 0.1) is 17.6 Å². The molecule has 1 N–H and O–H groups in total. The molecule has 3 aromatic rings. The molecule has 0 amide bonds. The Hall–Kier alpha value is -4.18. The average Bonchev–Trinajstić information content (AvgIpc) is 3.56. The summed E-state index contributed by atoms with van der Waals surface area (Å²) >= 11 is 4.97. The number of nitrogens with zero attached hydrogens (tertiary/aromatic N) is 5. The minimum absolute atomic E-state index is 0.0216. The number of carbonyl (C=O) groups is 1. The molecule has 0 spiro atoms. The number of aromatic nitrogens is 3. The number of halogens is 3. The number of phenols is 1. The number of phenolic OH excluding ortho intramolecular Hbond substituents is 1. The van der Waals surface area contributed by atoms with Gasteiger partial charge in [0.1, 0.15) is 23.1 Å². The summed E-state index contributed by atoms with van der Waals surface area (Å²) in [5.41, 5.74) is 4.61. The zero-order valence-corrected chi connectivity index (χ0v) is 30.7. The quantitative estimate of drug-likeness (QED) is 0.154. The summed E-state index contributed by atoms with van der Waals surface area (Å²) in [6.07, 6.45) is 5.10. The Morgan fingerprint density at radius 1 is 0.760 bits per heavy atom. The molecule has 0 aromatic heterocycles. The number of pyridine rings is 1. The van der Waals surface area contributed by atoms with Gasteiger partial charge in [0.25, 0.3) is 0 Å². The number of imidazole rings is 1. The zero-order chi connectivity index (χ0) is 36.6. The lowest BCUT2D eigenvalue weighted by molar-refractivity contribution is -0.114. The molecule has 50 heavy (non-hydrogen) atoms. The molecule has 0 atom stereocenters. The summed E-state index contributed by atoms with van der Waals surface area (Å²) in [6, 6.07) is 22.2. The normalized spacial score (nSPS) is 13.2. The molecule has 0 radical (unpaired) electrons. The molecule has 0 aliphatic carbocycles. The van der Waals surface area contributed by atoms with Crippen molar-refractivity contribution in [1.82, 2.24) is 24.3 Å². The second kappa shape index (κ2) is 20.5. The molecule has 3 aliphatic heterocycles. The van der Waals surface area contributed by atoms with E-state index in [4.69, 9.17) is 11.6 Å². The SMILES string of the molecule is CC.CC.CC(C)C(=O)Cl.Oc1ccc(-c2nc3ccn(CCCN4CCN(C(c5ccc(F)cc5)c5ccc(F)cc5)CC4)cc-3n2)cc1. The first-order valence-electron chi connectivity index (χ1n) is 17.5. The first-order valence-corrected chi connectivity index (χ1v) is 17.8. The second-order valence-corrected chi connectivity index (χ2v) is 12.1. The topological polar surface area (TPSA) is 74.5 Å². The van der Waals surface area contributed by atoms with Crippen LogP contribution in [0.1, 0.15) is 65.1 Å². The molecule has 1 saturated heterocycles. The number of rotatable bonds is 9. The van der Waals surface area contributed by atoms with Crippen LogP contribution in [0.15, 0.2) is 91.3 Å². The van der Waals surface area contributed by atoms with Gasteiger partial charge in [0.15, 0.2) is 5.82 Å². The van der Waals surface area contributed by atoms with Crippen molar-refractivity contribution in [2.75, 3.05) is 32.7 Å². The lowest BCUT2D eigenvalue weighted by Crippen LogP contribution is -2.48. The highest BCUT2D eigenvalue weighted by atomic mass is 35.5. The molecule has 0 saturated carbocycles. The van der Waals surface area contributed by atoms with Gasteiger partial charge in [-0.3, -0.25) is 9.69 Å². The van der Waals surface area contributed by atoms with Gasteiger partial charge in [-0.2, -0.15) is 0 Å². The van der Waals surface area contributed by atoms with Gasteiger partial charge in [0.2, 0.25) is 5.24 Å². The van der Waals surface area contributed by atoms with Crippen LogP contribution in [0.5, 0.6) is 5.75 Å². The van der Waals surface area contributed by atoms with Gasteiger partial charge in [-0.05, 0) is 90.3 Å². The largest absolute Gasteiger partial charge is 0.508 e. The number of piperazine rings is 1. The molecule has 0 bridgehead atoms. The summed E-state index contributed by atoms with van der Waals surface area (Å²) in [4.78, 5) is 24.1. The third-order valence-electron chi connectivity index (χ3n) is 8.04. The Labute approximate surface area is 300 Å². The van der Waals surface area contributed by atoms with Gasteiger partial charge in [-0.25, -0.2) is 18.7 Å². The standard InChI is InChI=1S/C32H31F2N5O.C4H7ClO.2C2H6/c33-26-8-2-23(3-9-26)31(24-4-10-27(34)11-5-24)39-20-18-37(19-21-39)15-1-16-38-17-14-29-30(22-38)36-32(35-29)25-6-12-28(40)13-7-25;1-3(2)4(5)6;2*1-2/h2-14,17,22,31,40H,1,15-16,18-21H2;3H,1-2H3;2*1-2H3. The van der Waals surface area contributed by atoms with E-state index in [0.29, 0.717) is 5.82 Å². The fraction of sp³-hybridized carbons (Fsp3) is 0.375. The van der Waals surface area contributed by atoms with Crippen LogP contribution in [0.25, 0.3) is 22.8 Å². The van der Waals surface area contributed by atoms with Gasteiger partial charge in [-0.15, -0.1) is 0 Å². The van der Waals surface area contributed by atoms with Gasteiger partial charge < -0.3 is 14.6 Å². The van der Waals surface area contributed by atoms with E-state index in [1.807, 2.05) is 82.6 Å². The fourth-order valence-corrected chi connectivity index (χ4v) is 5.46. The van der Waals surface area contributed by atoms with Crippen LogP contribution < -0.4 is 0 Å². The molecule has 3 heterocycles. The molecule has 0 unspecified atom stereocenters. The summed E-state index contributed by atoms with van der Waals surface area (Å²) < 4.78 is 29.4. The monoisotopic (exact) mass is 705 g/mol. The molecule has 268 valence electrons. The molecule has 1 fully saturated rings. The lowest BCUT2D eigenvalue weighted by atomic mass is 9.96. The van der Waals surface area contributed by atoms with E-state index in [9.17, 15) is 18.7 Å².